The Kier molecular flexibility index (Phi) is 4.69. The fraction of sp³-hybridized carbons (Fsp3) is 0.692. The molecule has 0 spiro atoms. The van der Waals surface area contributed by atoms with Crippen molar-refractivity contribution >= 4 is 28.3 Å². The second-order valence-corrected chi connectivity index (χ2v) is 6.66. The molecule has 1 saturated carbocycles. The van der Waals surface area contributed by atoms with Crippen LogP contribution in [-0.2, 0) is 9.59 Å². The van der Waals surface area contributed by atoms with Gasteiger partial charge >= 0.3 is 5.97 Å². The first-order chi connectivity index (χ1) is 9.49. The summed E-state index contributed by atoms with van der Waals surface area (Å²) in [5, 5.41) is 20.8. The van der Waals surface area contributed by atoms with Gasteiger partial charge in [0.25, 0.3) is 0 Å². The minimum absolute atomic E-state index is 0.0650. The molecule has 2 rings (SSSR count). The van der Waals surface area contributed by atoms with Crippen LogP contribution in [-0.4, -0.2) is 27.2 Å². The molecule has 1 aromatic heterocycles. The Labute approximate surface area is 121 Å². The summed E-state index contributed by atoms with van der Waals surface area (Å²) in [4.78, 5) is 23.2. The van der Waals surface area contributed by atoms with E-state index in [2.05, 4.69) is 15.5 Å². The van der Waals surface area contributed by atoms with Crippen LogP contribution in [0.5, 0.6) is 0 Å². The molecule has 1 heterocycles. The van der Waals surface area contributed by atoms with E-state index in [1.54, 1.807) is 0 Å². The fourth-order valence-electron chi connectivity index (χ4n) is 2.89. The van der Waals surface area contributed by atoms with E-state index in [9.17, 15) is 9.59 Å². The maximum atomic E-state index is 12.1. The third-order valence-corrected chi connectivity index (χ3v) is 4.50. The van der Waals surface area contributed by atoms with Gasteiger partial charge < -0.3 is 10.4 Å². The summed E-state index contributed by atoms with van der Waals surface area (Å²) in [5.74, 6) is -0.990. The highest BCUT2D eigenvalue weighted by atomic mass is 32.1. The van der Waals surface area contributed by atoms with Crippen LogP contribution in [0.4, 0.5) is 5.13 Å². The number of aliphatic carboxylic acids is 1. The minimum Gasteiger partial charge on any atom is -0.481 e. The number of carbonyl (C=O) groups excluding carboxylic acids is 1. The quantitative estimate of drug-likeness (QED) is 0.871. The number of nitrogens with one attached hydrogen (secondary N) is 1. The van der Waals surface area contributed by atoms with Crippen LogP contribution < -0.4 is 5.32 Å². The van der Waals surface area contributed by atoms with Gasteiger partial charge in [0.05, 0.1) is 6.42 Å². The molecule has 1 aliphatic rings. The van der Waals surface area contributed by atoms with E-state index >= 15 is 0 Å². The number of amides is 1. The third-order valence-electron chi connectivity index (χ3n) is 3.75. The molecule has 1 aromatic rings. The topological polar surface area (TPSA) is 92.2 Å². The van der Waals surface area contributed by atoms with Crippen molar-refractivity contribution < 1.29 is 14.7 Å². The predicted molar refractivity (Wildman–Crippen MR) is 75.7 cm³/mol. The van der Waals surface area contributed by atoms with Crippen molar-refractivity contribution in [1.82, 2.24) is 10.2 Å². The largest absolute Gasteiger partial charge is 0.481 e. The number of rotatable bonds is 5. The van der Waals surface area contributed by atoms with Gasteiger partial charge in [0.1, 0.15) is 5.01 Å². The average molecular weight is 297 g/mol. The van der Waals surface area contributed by atoms with Gasteiger partial charge in [-0.15, -0.1) is 10.2 Å². The highest BCUT2D eigenvalue weighted by molar-refractivity contribution is 7.15. The Morgan fingerprint density at radius 2 is 1.95 bits per heavy atom. The molecule has 110 valence electrons. The predicted octanol–water partition coefficient (Wildman–Crippen LogP) is 2.60. The molecule has 0 bridgehead atoms. The van der Waals surface area contributed by atoms with Crippen molar-refractivity contribution in [2.24, 2.45) is 5.41 Å². The Bertz CT molecular complexity index is 495. The van der Waals surface area contributed by atoms with Crippen molar-refractivity contribution in [3.8, 4) is 0 Å². The summed E-state index contributed by atoms with van der Waals surface area (Å²) in [7, 11) is 0. The van der Waals surface area contributed by atoms with Crippen molar-refractivity contribution in [1.29, 1.82) is 0 Å². The van der Waals surface area contributed by atoms with E-state index in [1.165, 1.54) is 11.3 Å². The van der Waals surface area contributed by atoms with Crippen molar-refractivity contribution in [3.63, 3.8) is 0 Å². The molecule has 1 fully saturated rings. The van der Waals surface area contributed by atoms with Crippen LogP contribution in [0.15, 0.2) is 0 Å². The number of nitrogens with zero attached hydrogens (tertiary/aromatic N) is 2. The highest BCUT2D eigenvalue weighted by Crippen LogP contribution is 2.42. The maximum Gasteiger partial charge on any atom is 0.303 e. The lowest BCUT2D eigenvalue weighted by Crippen LogP contribution is -2.32. The van der Waals surface area contributed by atoms with Crippen LogP contribution in [0.25, 0.3) is 0 Å². The van der Waals surface area contributed by atoms with Gasteiger partial charge in [-0.1, -0.05) is 30.6 Å². The number of carbonyl (C=O) groups is 2. The first-order valence-electron chi connectivity index (χ1n) is 6.81. The van der Waals surface area contributed by atoms with Crippen LogP contribution >= 0.6 is 11.3 Å². The van der Waals surface area contributed by atoms with Gasteiger partial charge in [-0.05, 0) is 25.2 Å². The van der Waals surface area contributed by atoms with Gasteiger partial charge in [0.15, 0.2) is 0 Å². The SMILES string of the molecule is Cc1nnc(NC(=O)CC2(CC(=O)O)CCCCC2)s1. The second-order valence-electron chi connectivity index (χ2n) is 5.48. The number of anilines is 1. The fourth-order valence-corrected chi connectivity index (χ4v) is 3.50. The normalized spacial score (nSPS) is 17.6. The molecule has 0 atom stereocenters. The summed E-state index contributed by atoms with van der Waals surface area (Å²) < 4.78 is 0. The second kappa shape index (κ2) is 6.30. The monoisotopic (exact) mass is 297 g/mol. The molecular formula is C13H19N3O3S. The number of carboxylic acid groups (broad SMARTS) is 1. The molecule has 7 heteroatoms. The van der Waals surface area contributed by atoms with E-state index in [4.69, 9.17) is 5.11 Å². The zero-order valence-corrected chi connectivity index (χ0v) is 12.3. The maximum absolute atomic E-state index is 12.1. The standard InChI is InChI=1S/C13H19N3O3S/c1-9-15-16-12(20-9)14-10(17)7-13(8-11(18)19)5-3-2-4-6-13/h2-8H2,1H3,(H,18,19)(H,14,16,17). The van der Waals surface area contributed by atoms with Crippen molar-refractivity contribution in [2.45, 2.75) is 51.9 Å². The Balaban J connectivity index is 1.99. The van der Waals surface area contributed by atoms with Gasteiger partial charge in [0, 0.05) is 6.42 Å². The molecule has 1 aliphatic carbocycles. The number of hydrogen-bond donors (Lipinski definition) is 2. The molecule has 0 aliphatic heterocycles. The van der Waals surface area contributed by atoms with E-state index in [1.807, 2.05) is 6.92 Å². The summed E-state index contributed by atoms with van der Waals surface area (Å²) in [6.07, 6.45) is 5.05. The molecule has 0 saturated heterocycles. The number of hydrogen-bond acceptors (Lipinski definition) is 5. The van der Waals surface area contributed by atoms with Crippen LogP contribution in [0, 0.1) is 12.3 Å². The lowest BCUT2D eigenvalue weighted by molar-refractivity contribution is -0.140. The average Bonchev–Trinajstić information content (AvgIpc) is 2.74. The minimum atomic E-state index is -0.827. The molecule has 0 aromatic carbocycles. The Hall–Kier alpha value is -1.50. The zero-order valence-electron chi connectivity index (χ0n) is 11.5. The summed E-state index contributed by atoms with van der Waals surface area (Å²) in [5.41, 5.74) is -0.395. The molecule has 0 radical (unpaired) electrons. The molecular weight excluding hydrogens is 278 g/mol. The summed E-state index contributed by atoms with van der Waals surface area (Å²) in [6, 6.07) is 0. The molecule has 2 N–H and O–H groups in total. The van der Waals surface area contributed by atoms with E-state index in [-0.39, 0.29) is 18.7 Å². The van der Waals surface area contributed by atoms with Gasteiger partial charge in [-0.25, -0.2) is 0 Å². The zero-order chi connectivity index (χ0) is 14.6. The van der Waals surface area contributed by atoms with Gasteiger partial charge in [-0.3, -0.25) is 9.59 Å². The summed E-state index contributed by atoms with van der Waals surface area (Å²) in [6.45, 7) is 1.82. The Morgan fingerprint density at radius 3 is 2.50 bits per heavy atom. The van der Waals surface area contributed by atoms with E-state index in [0.29, 0.717) is 5.13 Å². The van der Waals surface area contributed by atoms with Gasteiger partial charge in [-0.2, -0.15) is 0 Å². The number of carboxylic acids is 1. The number of aryl methyl sites for hydroxylation is 1. The third kappa shape index (κ3) is 4.00. The smallest absolute Gasteiger partial charge is 0.303 e. The molecule has 20 heavy (non-hydrogen) atoms. The van der Waals surface area contributed by atoms with Crippen LogP contribution in [0.1, 0.15) is 50.0 Å². The van der Waals surface area contributed by atoms with Gasteiger partial charge in [0.2, 0.25) is 11.0 Å². The van der Waals surface area contributed by atoms with Crippen LogP contribution in [0.3, 0.4) is 0 Å². The molecule has 6 nitrogen and oxygen atoms in total. The Morgan fingerprint density at radius 1 is 1.25 bits per heavy atom. The lowest BCUT2D eigenvalue weighted by atomic mass is 9.69. The number of aromatic nitrogens is 2. The van der Waals surface area contributed by atoms with Crippen molar-refractivity contribution in [2.75, 3.05) is 5.32 Å². The highest BCUT2D eigenvalue weighted by Gasteiger charge is 2.36. The lowest BCUT2D eigenvalue weighted by Gasteiger charge is -2.35. The van der Waals surface area contributed by atoms with E-state index in [0.717, 1.165) is 37.1 Å². The van der Waals surface area contributed by atoms with E-state index < -0.39 is 11.4 Å². The summed E-state index contributed by atoms with van der Waals surface area (Å²) >= 11 is 1.32. The first-order valence-corrected chi connectivity index (χ1v) is 7.63. The first kappa shape index (κ1) is 14.9. The van der Waals surface area contributed by atoms with Crippen LogP contribution in [0.2, 0.25) is 0 Å². The molecule has 0 unspecified atom stereocenters. The molecule has 1 amide bonds. The van der Waals surface area contributed by atoms with Crippen molar-refractivity contribution in [3.05, 3.63) is 5.01 Å².